The first-order chi connectivity index (χ1) is 8.54. The summed E-state index contributed by atoms with van der Waals surface area (Å²) in [6.45, 7) is 11.1. The number of piperazine rings is 1. The molecular formula is C15H25N3. The van der Waals surface area contributed by atoms with E-state index in [1.54, 1.807) is 0 Å². The van der Waals surface area contributed by atoms with Gasteiger partial charge in [0, 0.05) is 31.9 Å². The van der Waals surface area contributed by atoms with Crippen LogP contribution in [0.25, 0.3) is 0 Å². The molecule has 100 valence electrons. The number of hydrogen-bond donors (Lipinski definition) is 0. The number of aromatic nitrogens is 1. The average Bonchev–Trinajstić information content (AvgIpc) is 2.28. The molecule has 0 bridgehead atoms. The summed E-state index contributed by atoms with van der Waals surface area (Å²) >= 11 is 0. The molecule has 3 nitrogen and oxygen atoms in total. The van der Waals surface area contributed by atoms with Crippen LogP contribution in [-0.4, -0.2) is 43.1 Å². The van der Waals surface area contributed by atoms with E-state index in [4.69, 9.17) is 4.98 Å². The lowest BCUT2D eigenvalue weighted by Crippen LogP contribution is -2.44. The Kier molecular flexibility index (Phi) is 4.23. The van der Waals surface area contributed by atoms with Crippen LogP contribution in [-0.2, 0) is 6.42 Å². The molecule has 0 amide bonds. The van der Waals surface area contributed by atoms with Gasteiger partial charge in [-0.05, 0) is 44.0 Å². The van der Waals surface area contributed by atoms with E-state index >= 15 is 0 Å². The maximum absolute atomic E-state index is 4.83. The second-order valence-electron chi connectivity index (χ2n) is 5.88. The van der Waals surface area contributed by atoms with Crippen LogP contribution in [0.15, 0.2) is 12.1 Å². The highest BCUT2D eigenvalue weighted by Gasteiger charge is 2.16. The zero-order valence-electron chi connectivity index (χ0n) is 12.1. The molecule has 0 aromatic carbocycles. The molecular weight excluding hydrogens is 222 g/mol. The van der Waals surface area contributed by atoms with Crippen LogP contribution in [0.2, 0.25) is 0 Å². The molecule has 0 radical (unpaired) electrons. The molecule has 0 unspecified atom stereocenters. The predicted octanol–water partition coefficient (Wildman–Crippen LogP) is 2.34. The van der Waals surface area contributed by atoms with Gasteiger partial charge < -0.3 is 9.80 Å². The predicted molar refractivity (Wildman–Crippen MR) is 77.2 cm³/mol. The first kappa shape index (κ1) is 13.3. The van der Waals surface area contributed by atoms with Gasteiger partial charge in [0.25, 0.3) is 0 Å². The van der Waals surface area contributed by atoms with Gasteiger partial charge in [0.15, 0.2) is 0 Å². The second-order valence-corrected chi connectivity index (χ2v) is 5.88. The molecule has 1 fully saturated rings. The lowest BCUT2D eigenvalue weighted by Gasteiger charge is -2.33. The summed E-state index contributed by atoms with van der Waals surface area (Å²) in [5, 5.41) is 0. The molecule has 0 saturated carbocycles. The number of hydrogen-bond acceptors (Lipinski definition) is 3. The maximum Gasteiger partial charge on any atom is 0.129 e. The third-order valence-electron chi connectivity index (χ3n) is 3.45. The molecule has 1 saturated heterocycles. The number of pyridine rings is 1. The molecule has 18 heavy (non-hydrogen) atoms. The molecule has 1 aromatic rings. The molecule has 3 heteroatoms. The first-order valence-electron chi connectivity index (χ1n) is 6.95. The van der Waals surface area contributed by atoms with E-state index in [2.05, 4.69) is 49.8 Å². The SMILES string of the molecule is Cc1cc(CC(C)C)nc(N2CCN(C)CC2)c1. The Balaban J connectivity index is 2.14. The van der Waals surface area contributed by atoms with E-state index in [9.17, 15) is 0 Å². The van der Waals surface area contributed by atoms with Gasteiger partial charge in [-0.1, -0.05) is 13.8 Å². The van der Waals surface area contributed by atoms with E-state index < -0.39 is 0 Å². The second kappa shape index (κ2) is 5.70. The largest absolute Gasteiger partial charge is 0.354 e. The number of rotatable bonds is 3. The van der Waals surface area contributed by atoms with Gasteiger partial charge in [-0.15, -0.1) is 0 Å². The van der Waals surface area contributed by atoms with Crippen LogP contribution < -0.4 is 4.90 Å². The van der Waals surface area contributed by atoms with Crippen LogP contribution in [0.5, 0.6) is 0 Å². The van der Waals surface area contributed by atoms with Gasteiger partial charge in [-0.3, -0.25) is 0 Å². The Labute approximate surface area is 111 Å². The fourth-order valence-electron chi connectivity index (χ4n) is 2.44. The fourth-order valence-corrected chi connectivity index (χ4v) is 2.44. The summed E-state index contributed by atoms with van der Waals surface area (Å²) < 4.78 is 0. The number of likely N-dealkylation sites (N-methyl/N-ethyl adjacent to an activating group) is 1. The van der Waals surface area contributed by atoms with Crippen molar-refractivity contribution in [3.8, 4) is 0 Å². The lowest BCUT2D eigenvalue weighted by atomic mass is 10.1. The molecule has 0 spiro atoms. The minimum absolute atomic E-state index is 0.666. The zero-order chi connectivity index (χ0) is 13.1. The van der Waals surface area contributed by atoms with Gasteiger partial charge in [-0.25, -0.2) is 4.98 Å². The first-order valence-corrected chi connectivity index (χ1v) is 6.95. The van der Waals surface area contributed by atoms with Gasteiger partial charge in [0.2, 0.25) is 0 Å². The molecule has 1 aliphatic rings. The molecule has 0 atom stereocenters. The Morgan fingerprint density at radius 2 is 1.83 bits per heavy atom. The van der Waals surface area contributed by atoms with Gasteiger partial charge in [0.1, 0.15) is 5.82 Å². The van der Waals surface area contributed by atoms with Crippen LogP contribution >= 0.6 is 0 Å². The molecule has 1 aliphatic heterocycles. The molecule has 0 N–H and O–H groups in total. The van der Waals surface area contributed by atoms with E-state index in [0.29, 0.717) is 5.92 Å². The average molecular weight is 247 g/mol. The van der Waals surface area contributed by atoms with Crippen LogP contribution in [0.4, 0.5) is 5.82 Å². The third kappa shape index (κ3) is 3.45. The standard InChI is InChI=1S/C15H25N3/c1-12(2)9-14-10-13(3)11-15(16-14)18-7-5-17(4)6-8-18/h10-12H,5-9H2,1-4H3. The minimum atomic E-state index is 0.666. The molecule has 2 heterocycles. The van der Waals surface area contributed by atoms with Crippen LogP contribution in [0, 0.1) is 12.8 Å². The van der Waals surface area contributed by atoms with E-state index in [1.165, 1.54) is 17.1 Å². The highest BCUT2D eigenvalue weighted by molar-refractivity contribution is 5.43. The van der Waals surface area contributed by atoms with Crippen molar-refractivity contribution >= 4 is 5.82 Å². The molecule has 0 aliphatic carbocycles. The Bertz CT molecular complexity index is 393. The van der Waals surface area contributed by atoms with Crippen LogP contribution in [0.1, 0.15) is 25.1 Å². The smallest absolute Gasteiger partial charge is 0.129 e. The van der Waals surface area contributed by atoms with Crippen molar-refractivity contribution in [2.24, 2.45) is 5.92 Å². The summed E-state index contributed by atoms with van der Waals surface area (Å²) in [6, 6.07) is 4.44. The number of aryl methyl sites for hydroxylation is 1. The van der Waals surface area contributed by atoms with Crippen molar-refractivity contribution in [3.05, 3.63) is 23.4 Å². The Morgan fingerprint density at radius 1 is 1.17 bits per heavy atom. The van der Waals surface area contributed by atoms with E-state index in [1.807, 2.05) is 0 Å². The Hall–Kier alpha value is -1.09. The molecule has 1 aromatic heterocycles. The summed E-state index contributed by atoms with van der Waals surface area (Å²) in [6.07, 6.45) is 1.07. The summed E-state index contributed by atoms with van der Waals surface area (Å²) in [5.41, 5.74) is 2.56. The summed E-state index contributed by atoms with van der Waals surface area (Å²) in [7, 11) is 2.19. The van der Waals surface area contributed by atoms with Crippen molar-refractivity contribution in [1.82, 2.24) is 9.88 Å². The van der Waals surface area contributed by atoms with E-state index in [-0.39, 0.29) is 0 Å². The van der Waals surface area contributed by atoms with Crippen molar-refractivity contribution in [2.75, 3.05) is 38.1 Å². The van der Waals surface area contributed by atoms with Gasteiger partial charge in [-0.2, -0.15) is 0 Å². The van der Waals surface area contributed by atoms with E-state index in [0.717, 1.165) is 32.6 Å². The minimum Gasteiger partial charge on any atom is -0.354 e. The summed E-state index contributed by atoms with van der Waals surface area (Å²) in [5.74, 6) is 1.83. The maximum atomic E-state index is 4.83. The quantitative estimate of drug-likeness (QED) is 0.817. The van der Waals surface area contributed by atoms with Crippen molar-refractivity contribution in [2.45, 2.75) is 27.2 Å². The van der Waals surface area contributed by atoms with Gasteiger partial charge >= 0.3 is 0 Å². The fraction of sp³-hybridized carbons (Fsp3) is 0.667. The summed E-state index contributed by atoms with van der Waals surface area (Å²) in [4.78, 5) is 9.62. The third-order valence-corrected chi connectivity index (χ3v) is 3.45. The highest BCUT2D eigenvalue weighted by atomic mass is 15.3. The van der Waals surface area contributed by atoms with Crippen molar-refractivity contribution in [1.29, 1.82) is 0 Å². The highest BCUT2D eigenvalue weighted by Crippen LogP contribution is 2.18. The van der Waals surface area contributed by atoms with Crippen molar-refractivity contribution in [3.63, 3.8) is 0 Å². The number of anilines is 1. The zero-order valence-corrected chi connectivity index (χ0v) is 12.1. The number of nitrogens with zero attached hydrogens (tertiary/aromatic N) is 3. The van der Waals surface area contributed by atoms with Gasteiger partial charge in [0.05, 0.1) is 0 Å². The lowest BCUT2D eigenvalue weighted by molar-refractivity contribution is 0.312. The topological polar surface area (TPSA) is 19.4 Å². The van der Waals surface area contributed by atoms with Crippen LogP contribution in [0.3, 0.4) is 0 Å². The van der Waals surface area contributed by atoms with Crippen molar-refractivity contribution < 1.29 is 0 Å². The normalized spacial score (nSPS) is 17.5. The molecule has 2 rings (SSSR count). The monoisotopic (exact) mass is 247 g/mol. The Morgan fingerprint density at radius 3 is 2.44 bits per heavy atom.